The largest absolute Gasteiger partial charge is 0.264 e. The molecule has 0 aromatic carbocycles. The fourth-order valence-corrected chi connectivity index (χ4v) is 1.86. The van der Waals surface area contributed by atoms with Crippen LogP contribution in [0.1, 0.15) is 5.56 Å². The molecule has 0 radical (unpaired) electrons. The summed E-state index contributed by atoms with van der Waals surface area (Å²) in [6.07, 6.45) is 3.09. The van der Waals surface area contributed by atoms with E-state index in [4.69, 9.17) is 5.26 Å². The van der Waals surface area contributed by atoms with Crippen molar-refractivity contribution in [2.24, 2.45) is 0 Å². The topological polar surface area (TPSA) is 36.7 Å². The average molecular weight is 178 g/mol. The zero-order valence-corrected chi connectivity index (χ0v) is 6.73. The Balaban J connectivity index is 2.93. The van der Waals surface area contributed by atoms with Crippen LogP contribution in [0.4, 0.5) is 4.39 Å². The molecule has 2 nitrogen and oxygen atoms in total. The van der Waals surface area contributed by atoms with Gasteiger partial charge in [-0.3, -0.25) is 4.98 Å². The highest BCUT2D eigenvalue weighted by molar-refractivity contribution is 7.17. The van der Waals surface area contributed by atoms with Gasteiger partial charge in [0.1, 0.15) is 11.6 Å². The summed E-state index contributed by atoms with van der Waals surface area (Å²) in [5.74, 6) is 0. The Bertz CT molecular complexity index is 469. The average Bonchev–Trinajstić information content (AvgIpc) is 2.40. The molecule has 4 heteroatoms. The van der Waals surface area contributed by atoms with E-state index in [1.807, 2.05) is 6.07 Å². The van der Waals surface area contributed by atoms with Gasteiger partial charge in [-0.05, 0) is 6.07 Å². The molecule has 0 aliphatic rings. The van der Waals surface area contributed by atoms with E-state index in [9.17, 15) is 4.39 Å². The molecule has 2 heterocycles. The van der Waals surface area contributed by atoms with Gasteiger partial charge >= 0.3 is 0 Å². The summed E-state index contributed by atoms with van der Waals surface area (Å²) < 4.78 is 13.7. The molecule has 0 aliphatic heterocycles. The maximum atomic E-state index is 13.0. The van der Waals surface area contributed by atoms with E-state index in [2.05, 4.69) is 4.98 Å². The molecule has 0 atom stereocenters. The number of hydrogen-bond donors (Lipinski definition) is 0. The second kappa shape index (κ2) is 2.54. The van der Waals surface area contributed by atoms with Crippen LogP contribution in [0.2, 0.25) is 0 Å². The molecule has 2 aromatic heterocycles. The highest BCUT2D eigenvalue weighted by Crippen LogP contribution is 2.27. The molecule has 0 fully saturated rings. The van der Waals surface area contributed by atoms with Crippen LogP contribution in [0.3, 0.4) is 0 Å². The molecule has 0 bridgehead atoms. The van der Waals surface area contributed by atoms with Crippen molar-refractivity contribution in [1.82, 2.24) is 4.98 Å². The molecule has 0 saturated heterocycles. The maximum Gasteiger partial charge on any atom is 0.195 e. The van der Waals surface area contributed by atoms with Crippen molar-refractivity contribution < 1.29 is 4.39 Å². The third-order valence-corrected chi connectivity index (χ3v) is 2.52. The molecule has 0 amide bonds. The zero-order valence-electron chi connectivity index (χ0n) is 5.91. The Morgan fingerprint density at radius 1 is 1.58 bits per heavy atom. The highest BCUT2D eigenvalue weighted by Gasteiger charge is 2.10. The minimum Gasteiger partial charge on any atom is -0.264 e. The van der Waals surface area contributed by atoms with Gasteiger partial charge in [0.2, 0.25) is 0 Å². The van der Waals surface area contributed by atoms with Gasteiger partial charge in [-0.15, -0.1) is 11.3 Å². The lowest BCUT2D eigenvalue weighted by Crippen LogP contribution is -1.74. The van der Waals surface area contributed by atoms with Crippen molar-refractivity contribution >= 4 is 21.4 Å². The Kier molecular flexibility index (Phi) is 1.52. The first-order valence-corrected chi connectivity index (χ1v) is 4.06. The molecule has 2 aromatic rings. The summed E-state index contributed by atoms with van der Waals surface area (Å²) in [5.41, 5.74) is 0.100. The van der Waals surface area contributed by atoms with Gasteiger partial charge < -0.3 is 0 Å². The van der Waals surface area contributed by atoms with E-state index in [0.717, 1.165) is 16.0 Å². The van der Waals surface area contributed by atoms with Crippen molar-refractivity contribution in [3.63, 3.8) is 0 Å². The molecule has 0 N–H and O–H groups in total. The second-order valence-corrected chi connectivity index (χ2v) is 3.24. The van der Waals surface area contributed by atoms with Crippen LogP contribution in [0.25, 0.3) is 10.1 Å². The summed E-state index contributed by atoms with van der Waals surface area (Å²) in [4.78, 5) is 3.82. The van der Waals surface area contributed by atoms with Crippen molar-refractivity contribution in [3.8, 4) is 6.07 Å². The second-order valence-electron chi connectivity index (χ2n) is 2.23. The van der Waals surface area contributed by atoms with Gasteiger partial charge in [-0.2, -0.15) is 9.65 Å². The number of nitriles is 1. The molecule has 0 spiro atoms. The van der Waals surface area contributed by atoms with Crippen LogP contribution in [-0.2, 0) is 0 Å². The smallest absolute Gasteiger partial charge is 0.195 e. The van der Waals surface area contributed by atoms with Gasteiger partial charge in [0.15, 0.2) is 5.13 Å². The normalized spacial score (nSPS) is 10.0. The lowest BCUT2D eigenvalue weighted by molar-refractivity contribution is 0.655. The summed E-state index contributed by atoms with van der Waals surface area (Å²) in [6.45, 7) is 0. The van der Waals surface area contributed by atoms with E-state index in [0.29, 0.717) is 5.39 Å². The summed E-state index contributed by atoms with van der Waals surface area (Å²) in [5, 5.41) is 8.76. The third kappa shape index (κ3) is 0.874. The lowest BCUT2D eigenvalue weighted by atomic mass is 10.2. The Labute approximate surface area is 71.9 Å². The Morgan fingerprint density at radius 3 is 3.17 bits per heavy atom. The fourth-order valence-electron chi connectivity index (χ4n) is 1.02. The maximum absolute atomic E-state index is 13.0. The lowest BCUT2D eigenvalue weighted by Gasteiger charge is -1.84. The molecular weight excluding hydrogens is 175 g/mol. The summed E-state index contributed by atoms with van der Waals surface area (Å²) >= 11 is 0.974. The minimum absolute atomic E-state index is 0.100. The summed E-state index contributed by atoms with van der Waals surface area (Å²) in [7, 11) is 0. The molecule has 58 valence electrons. The minimum atomic E-state index is -0.430. The zero-order chi connectivity index (χ0) is 8.55. The fraction of sp³-hybridized carbons (Fsp3) is 0. The van der Waals surface area contributed by atoms with E-state index < -0.39 is 5.13 Å². The number of halogens is 1. The molecule has 12 heavy (non-hydrogen) atoms. The van der Waals surface area contributed by atoms with Crippen LogP contribution in [0.15, 0.2) is 18.5 Å². The molecule has 0 saturated carbocycles. The van der Waals surface area contributed by atoms with Crippen LogP contribution in [0.5, 0.6) is 0 Å². The Hall–Kier alpha value is -1.47. The predicted octanol–water partition coefficient (Wildman–Crippen LogP) is 2.31. The van der Waals surface area contributed by atoms with Crippen LogP contribution < -0.4 is 0 Å². The SMILES string of the molecule is N#Cc1c(F)sc2ccncc12. The molecule has 0 aliphatic carbocycles. The molecule has 2 rings (SSSR count). The number of nitrogens with zero attached hydrogens (tertiary/aromatic N) is 2. The molecule has 0 unspecified atom stereocenters. The first kappa shape index (κ1) is 7.19. The van der Waals surface area contributed by atoms with Crippen molar-refractivity contribution in [2.75, 3.05) is 0 Å². The van der Waals surface area contributed by atoms with Crippen molar-refractivity contribution in [2.45, 2.75) is 0 Å². The van der Waals surface area contributed by atoms with Gasteiger partial charge in [-0.25, -0.2) is 0 Å². The number of aromatic nitrogens is 1. The van der Waals surface area contributed by atoms with Crippen LogP contribution in [0, 0.1) is 16.5 Å². The van der Waals surface area contributed by atoms with Gasteiger partial charge in [0, 0.05) is 22.5 Å². The van der Waals surface area contributed by atoms with Gasteiger partial charge in [0.25, 0.3) is 0 Å². The van der Waals surface area contributed by atoms with Crippen molar-refractivity contribution in [1.29, 1.82) is 5.26 Å². The highest BCUT2D eigenvalue weighted by atomic mass is 32.1. The number of pyridine rings is 1. The van der Waals surface area contributed by atoms with E-state index in [-0.39, 0.29) is 5.56 Å². The number of rotatable bonds is 0. The summed E-state index contributed by atoms with van der Waals surface area (Å²) in [6, 6.07) is 3.51. The number of thiophene rings is 1. The van der Waals surface area contributed by atoms with E-state index in [1.165, 1.54) is 6.20 Å². The number of hydrogen-bond acceptors (Lipinski definition) is 3. The van der Waals surface area contributed by atoms with Gasteiger partial charge in [-0.1, -0.05) is 0 Å². The first-order chi connectivity index (χ1) is 5.83. The first-order valence-electron chi connectivity index (χ1n) is 3.25. The quantitative estimate of drug-likeness (QED) is 0.620. The number of fused-ring (bicyclic) bond motifs is 1. The monoisotopic (exact) mass is 178 g/mol. The van der Waals surface area contributed by atoms with Crippen LogP contribution >= 0.6 is 11.3 Å². The van der Waals surface area contributed by atoms with Gasteiger partial charge in [0.05, 0.1) is 0 Å². The Morgan fingerprint density at radius 2 is 2.42 bits per heavy atom. The van der Waals surface area contributed by atoms with E-state index >= 15 is 0 Å². The standard InChI is InChI=1S/C8H3FN2S/c9-8-5(3-10)6-4-11-2-1-7(6)12-8/h1-2,4H. The van der Waals surface area contributed by atoms with E-state index in [1.54, 1.807) is 12.3 Å². The predicted molar refractivity (Wildman–Crippen MR) is 44.3 cm³/mol. The van der Waals surface area contributed by atoms with Crippen LogP contribution in [-0.4, -0.2) is 4.98 Å². The molecular formula is C8H3FN2S. The van der Waals surface area contributed by atoms with Crippen molar-refractivity contribution in [3.05, 3.63) is 29.2 Å². The third-order valence-electron chi connectivity index (χ3n) is 1.56.